The van der Waals surface area contributed by atoms with Crippen molar-refractivity contribution < 1.29 is 19.4 Å². The van der Waals surface area contributed by atoms with Gasteiger partial charge in [-0.3, -0.25) is 4.79 Å². The second kappa shape index (κ2) is 6.06. The summed E-state index contributed by atoms with van der Waals surface area (Å²) in [6, 6.07) is 5.28. The molecule has 1 unspecified atom stereocenters. The van der Waals surface area contributed by atoms with Crippen LogP contribution in [0.25, 0.3) is 0 Å². The Morgan fingerprint density at radius 2 is 1.95 bits per heavy atom. The molecule has 1 aliphatic rings. The molecule has 1 aromatic rings. The molecule has 0 amide bonds. The molecule has 0 spiro atoms. The third-order valence-electron chi connectivity index (χ3n) is 3.51. The van der Waals surface area contributed by atoms with E-state index in [1.165, 1.54) is 14.0 Å². The fraction of sp³-hybridized carbons (Fsp3) is 0.533. The molecule has 0 aliphatic heterocycles. The van der Waals surface area contributed by atoms with Crippen LogP contribution in [0.2, 0.25) is 0 Å². The van der Waals surface area contributed by atoms with Crippen molar-refractivity contribution in [1.29, 1.82) is 0 Å². The molecule has 1 N–H and O–H groups in total. The molecule has 2 atom stereocenters. The average Bonchev–Trinajstić information content (AvgIpc) is 2.40. The number of ether oxygens (including phenoxy) is 2. The number of carbonyl (C=O) groups is 1. The molecular formula is C15H20O4. The van der Waals surface area contributed by atoms with Crippen molar-refractivity contribution in [1.82, 2.24) is 0 Å². The first kappa shape index (κ1) is 13.9. The van der Waals surface area contributed by atoms with E-state index in [-0.39, 0.29) is 11.9 Å². The Kier molecular flexibility index (Phi) is 4.43. The van der Waals surface area contributed by atoms with Crippen molar-refractivity contribution in [3.8, 4) is 11.5 Å². The van der Waals surface area contributed by atoms with E-state index < -0.39 is 6.10 Å². The highest BCUT2D eigenvalue weighted by molar-refractivity contribution is 5.99. The molecule has 2 rings (SSSR count). The summed E-state index contributed by atoms with van der Waals surface area (Å²) in [4.78, 5) is 11.7. The van der Waals surface area contributed by atoms with Gasteiger partial charge in [0.15, 0.2) is 5.78 Å². The first-order valence-corrected chi connectivity index (χ1v) is 6.66. The average molecular weight is 264 g/mol. The third kappa shape index (κ3) is 3.07. The van der Waals surface area contributed by atoms with Crippen LogP contribution in [0.3, 0.4) is 0 Å². The topological polar surface area (TPSA) is 55.8 Å². The molecule has 104 valence electrons. The zero-order chi connectivity index (χ0) is 13.8. The summed E-state index contributed by atoms with van der Waals surface area (Å²) in [5, 5.41) is 9.95. The maximum atomic E-state index is 11.7. The standard InChI is InChI=1S/C15H20O4/c1-10(16)15-13(18-2)8-5-9-14(15)19-12-7-4-3-6-11(12)17/h5,8-9,11-12,17H,3-4,6-7H2,1-2H3/t11-,12?/m0/s1. The fourth-order valence-electron chi connectivity index (χ4n) is 2.50. The van der Waals surface area contributed by atoms with Crippen LogP contribution < -0.4 is 9.47 Å². The molecule has 1 aliphatic carbocycles. The zero-order valence-electron chi connectivity index (χ0n) is 11.4. The lowest BCUT2D eigenvalue weighted by Crippen LogP contribution is -2.35. The lowest BCUT2D eigenvalue weighted by molar-refractivity contribution is 0.00637. The molecule has 1 fully saturated rings. The molecule has 1 saturated carbocycles. The summed E-state index contributed by atoms with van der Waals surface area (Å²) in [7, 11) is 1.53. The number of methoxy groups -OCH3 is 1. The molecule has 19 heavy (non-hydrogen) atoms. The Labute approximate surface area is 113 Å². The van der Waals surface area contributed by atoms with Gasteiger partial charge >= 0.3 is 0 Å². The lowest BCUT2D eigenvalue weighted by Gasteiger charge is -2.29. The molecule has 0 radical (unpaired) electrons. The van der Waals surface area contributed by atoms with E-state index in [0.29, 0.717) is 17.1 Å². The maximum Gasteiger partial charge on any atom is 0.167 e. The van der Waals surface area contributed by atoms with Gasteiger partial charge in [-0.2, -0.15) is 0 Å². The van der Waals surface area contributed by atoms with Crippen molar-refractivity contribution in [3.63, 3.8) is 0 Å². The Morgan fingerprint density at radius 1 is 1.26 bits per heavy atom. The van der Waals surface area contributed by atoms with E-state index in [0.717, 1.165) is 25.7 Å². The molecule has 1 aromatic carbocycles. The molecular weight excluding hydrogens is 244 g/mol. The number of Topliss-reactive ketones (excluding diaryl/α,β-unsaturated/α-hetero) is 1. The largest absolute Gasteiger partial charge is 0.496 e. The van der Waals surface area contributed by atoms with E-state index in [2.05, 4.69) is 0 Å². The predicted octanol–water partition coefficient (Wildman–Crippen LogP) is 2.58. The number of rotatable bonds is 4. The van der Waals surface area contributed by atoms with Gasteiger partial charge in [-0.15, -0.1) is 0 Å². The van der Waals surface area contributed by atoms with E-state index in [9.17, 15) is 9.90 Å². The molecule has 4 nitrogen and oxygen atoms in total. The van der Waals surface area contributed by atoms with E-state index in [1.807, 2.05) is 0 Å². The first-order chi connectivity index (χ1) is 9.13. The number of benzene rings is 1. The van der Waals surface area contributed by atoms with Crippen LogP contribution in [0.15, 0.2) is 18.2 Å². The van der Waals surface area contributed by atoms with E-state index >= 15 is 0 Å². The summed E-state index contributed by atoms with van der Waals surface area (Å²) in [6.45, 7) is 1.49. The quantitative estimate of drug-likeness (QED) is 0.849. The van der Waals surface area contributed by atoms with Crippen LogP contribution in [-0.2, 0) is 0 Å². The van der Waals surface area contributed by atoms with Crippen LogP contribution in [-0.4, -0.2) is 30.2 Å². The number of hydrogen-bond acceptors (Lipinski definition) is 4. The van der Waals surface area contributed by atoms with Crippen molar-refractivity contribution in [2.75, 3.05) is 7.11 Å². The van der Waals surface area contributed by atoms with Crippen molar-refractivity contribution >= 4 is 5.78 Å². The van der Waals surface area contributed by atoms with Crippen LogP contribution in [0.4, 0.5) is 0 Å². The second-order valence-electron chi connectivity index (χ2n) is 4.90. The Morgan fingerprint density at radius 3 is 2.58 bits per heavy atom. The minimum atomic E-state index is -0.459. The molecule has 0 aromatic heterocycles. The normalized spacial score (nSPS) is 22.9. The van der Waals surface area contributed by atoms with Crippen LogP contribution in [0.5, 0.6) is 11.5 Å². The van der Waals surface area contributed by atoms with Crippen molar-refractivity contribution in [2.45, 2.75) is 44.8 Å². The number of ketones is 1. The summed E-state index contributed by atoms with van der Waals surface area (Å²) < 4.78 is 11.1. The summed E-state index contributed by atoms with van der Waals surface area (Å²) in [5.41, 5.74) is 0.447. The second-order valence-corrected chi connectivity index (χ2v) is 4.90. The van der Waals surface area contributed by atoms with Gasteiger partial charge in [-0.25, -0.2) is 0 Å². The highest BCUT2D eigenvalue weighted by Gasteiger charge is 2.26. The van der Waals surface area contributed by atoms with Gasteiger partial charge in [0.2, 0.25) is 0 Å². The van der Waals surface area contributed by atoms with E-state index in [4.69, 9.17) is 9.47 Å². The summed E-state index contributed by atoms with van der Waals surface area (Å²) >= 11 is 0. The van der Waals surface area contributed by atoms with Gasteiger partial charge in [0.05, 0.1) is 13.2 Å². The summed E-state index contributed by atoms with van der Waals surface area (Å²) in [6.07, 6.45) is 2.94. The number of aliphatic hydroxyl groups is 1. The van der Waals surface area contributed by atoms with Crippen LogP contribution in [0.1, 0.15) is 43.0 Å². The van der Waals surface area contributed by atoms with Gasteiger partial charge in [0.25, 0.3) is 0 Å². The van der Waals surface area contributed by atoms with Gasteiger partial charge in [-0.05, 0) is 38.3 Å². The molecule has 4 heteroatoms. The Bertz CT molecular complexity index is 455. The Balaban J connectivity index is 2.26. The number of hydrogen-bond donors (Lipinski definition) is 1. The molecule has 0 heterocycles. The number of carbonyl (C=O) groups excluding carboxylic acids is 1. The smallest absolute Gasteiger partial charge is 0.167 e. The SMILES string of the molecule is COc1cccc(OC2CCCC[C@@H]2O)c1C(C)=O. The fourth-order valence-corrected chi connectivity index (χ4v) is 2.50. The first-order valence-electron chi connectivity index (χ1n) is 6.66. The predicted molar refractivity (Wildman–Crippen MR) is 71.9 cm³/mol. The minimum Gasteiger partial charge on any atom is -0.496 e. The van der Waals surface area contributed by atoms with Gasteiger partial charge in [0, 0.05) is 0 Å². The van der Waals surface area contributed by atoms with Gasteiger partial charge < -0.3 is 14.6 Å². The maximum absolute atomic E-state index is 11.7. The van der Waals surface area contributed by atoms with Crippen LogP contribution >= 0.6 is 0 Å². The zero-order valence-corrected chi connectivity index (χ0v) is 11.4. The van der Waals surface area contributed by atoms with Gasteiger partial charge in [-0.1, -0.05) is 12.5 Å². The third-order valence-corrected chi connectivity index (χ3v) is 3.51. The highest BCUT2D eigenvalue weighted by Crippen LogP contribution is 2.32. The monoisotopic (exact) mass is 264 g/mol. The number of aliphatic hydroxyl groups excluding tert-OH is 1. The van der Waals surface area contributed by atoms with E-state index in [1.54, 1.807) is 18.2 Å². The van der Waals surface area contributed by atoms with Crippen molar-refractivity contribution in [2.24, 2.45) is 0 Å². The highest BCUT2D eigenvalue weighted by atomic mass is 16.5. The Hall–Kier alpha value is -1.55. The van der Waals surface area contributed by atoms with Gasteiger partial charge in [0.1, 0.15) is 23.2 Å². The lowest BCUT2D eigenvalue weighted by atomic mass is 9.94. The van der Waals surface area contributed by atoms with Crippen molar-refractivity contribution in [3.05, 3.63) is 23.8 Å². The molecule has 0 bridgehead atoms. The van der Waals surface area contributed by atoms with Crippen LogP contribution in [0, 0.1) is 0 Å². The minimum absolute atomic E-state index is 0.0993. The summed E-state index contributed by atoms with van der Waals surface area (Å²) in [5.74, 6) is 0.908. The molecule has 0 saturated heterocycles.